The van der Waals surface area contributed by atoms with E-state index >= 15 is 0 Å². The van der Waals surface area contributed by atoms with E-state index < -0.39 is 16.6 Å². The Labute approximate surface area is 243 Å². The molecule has 0 aliphatic carbocycles. The molecule has 212 valence electrons. The molecule has 2 N–H and O–H groups in total. The van der Waals surface area contributed by atoms with Gasteiger partial charge in [-0.3, -0.25) is 9.59 Å². The Morgan fingerprint density at radius 2 is 0.927 bits per heavy atom. The summed E-state index contributed by atoms with van der Waals surface area (Å²) in [6.45, 7) is 8.68. The zero-order chi connectivity index (χ0) is 29.6. The molecule has 4 aromatic rings. The smallest absolute Gasteiger partial charge is 0.255 e. The van der Waals surface area contributed by atoms with Crippen molar-refractivity contribution in [1.29, 1.82) is 0 Å². The minimum absolute atomic E-state index is 0.185. The Morgan fingerprint density at radius 1 is 0.561 bits per heavy atom. The normalized spacial score (nSPS) is 11.5. The van der Waals surface area contributed by atoms with Gasteiger partial charge in [0.2, 0.25) is 16.6 Å². The summed E-state index contributed by atoms with van der Waals surface area (Å²) in [5.41, 5.74) is 2.49. The van der Waals surface area contributed by atoms with Crippen LogP contribution in [0.15, 0.2) is 97.1 Å². The number of nitrogens with one attached hydrogen (secondary N) is 2. The molecule has 0 saturated heterocycles. The molecule has 0 saturated carbocycles. The van der Waals surface area contributed by atoms with Gasteiger partial charge in [0.05, 0.1) is 14.2 Å². The first-order valence-electron chi connectivity index (χ1n) is 13.3. The van der Waals surface area contributed by atoms with Crippen LogP contribution in [0.25, 0.3) is 0 Å². The molecule has 0 atom stereocenters. The fourth-order valence-electron chi connectivity index (χ4n) is 4.61. The van der Waals surface area contributed by atoms with Crippen LogP contribution in [0.1, 0.15) is 20.7 Å². The number of rotatable bonds is 10. The van der Waals surface area contributed by atoms with Crippen LogP contribution in [-0.2, 0) is 4.12 Å². The third-order valence-corrected chi connectivity index (χ3v) is 14.4. The molecule has 0 spiro atoms. The third kappa shape index (κ3) is 7.52. The number of anilines is 2. The minimum Gasteiger partial charge on any atom is -0.497 e. The Morgan fingerprint density at radius 3 is 1.27 bits per heavy atom. The molecule has 0 radical (unpaired) electrons. The predicted octanol–water partition coefficient (Wildman–Crippen LogP) is 5.75. The van der Waals surface area contributed by atoms with Crippen LogP contribution >= 0.6 is 0 Å². The van der Waals surface area contributed by atoms with Crippen molar-refractivity contribution in [3.63, 3.8) is 0 Å². The van der Waals surface area contributed by atoms with Crippen molar-refractivity contribution in [2.75, 3.05) is 24.9 Å². The zero-order valence-electron chi connectivity index (χ0n) is 24.3. The lowest BCUT2D eigenvalue weighted by Gasteiger charge is -2.34. The molecule has 2 amide bonds. The van der Waals surface area contributed by atoms with E-state index in [1.165, 1.54) is 0 Å². The maximum absolute atomic E-state index is 12.8. The van der Waals surface area contributed by atoms with Gasteiger partial charge in [0, 0.05) is 34.6 Å². The first kappa shape index (κ1) is 29.8. The van der Waals surface area contributed by atoms with Crippen LogP contribution in [0.2, 0.25) is 26.2 Å². The second-order valence-electron chi connectivity index (χ2n) is 10.6. The van der Waals surface area contributed by atoms with Crippen molar-refractivity contribution in [1.82, 2.24) is 0 Å². The van der Waals surface area contributed by atoms with Crippen LogP contribution < -0.4 is 30.5 Å². The van der Waals surface area contributed by atoms with Gasteiger partial charge in [0.1, 0.15) is 11.5 Å². The van der Waals surface area contributed by atoms with E-state index in [4.69, 9.17) is 13.6 Å². The second-order valence-corrected chi connectivity index (χ2v) is 18.7. The maximum Gasteiger partial charge on any atom is 0.255 e. The Hall–Kier alpha value is -4.19. The van der Waals surface area contributed by atoms with Crippen LogP contribution in [0.3, 0.4) is 0 Å². The van der Waals surface area contributed by atoms with Crippen molar-refractivity contribution in [3.05, 3.63) is 108 Å². The molecular formula is C32H36N2O5Si2. The molecule has 4 rings (SSSR count). The van der Waals surface area contributed by atoms with Crippen molar-refractivity contribution in [2.24, 2.45) is 0 Å². The lowest BCUT2D eigenvalue weighted by molar-refractivity contribution is 0.101. The second kappa shape index (κ2) is 12.5. The molecule has 4 aromatic carbocycles. The number of methoxy groups -OCH3 is 2. The van der Waals surface area contributed by atoms with Crippen LogP contribution in [0, 0.1) is 0 Å². The molecular weight excluding hydrogens is 549 g/mol. The predicted molar refractivity (Wildman–Crippen MR) is 170 cm³/mol. The molecule has 0 bridgehead atoms. The molecule has 0 aromatic heterocycles. The van der Waals surface area contributed by atoms with E-state index in [0.29, 0.717) is 34.0 Å². The lowest BCUT2D eigenvalue weighted by Crippen LogP contribution is -2.57. The molecule has 0 aliphatic rings. The van der Waals surface area contributed by atoms with Gasteiger partial charge in [-0.25, -0.2) is 0 Å². The molecule has 7 nitrogen and oxygen atoms in total. The van der Waals surface area contributed by atoms with Gasteiger partial charge in [-0.2, -0.15) is 0 Å². The highest BCUT2D eigenvalue weighted by atomic mass is 28.4. The summed E-state index contributed by atoms with van der Waals surface area (Å²) in [7, 11) is -1.44. The monoisotopic (exact) mass is 584 g/mol. The quantitative estimate of drug-likeness (QED) is 0.232. The average molecular weight is 585 g/mol. The molecule has 0 fully saturated rings. The van der Waals surface area contributed by atoms with Gasteiger partial charge in [-0.1, -0.05) is 36.4 Å². The summed E-state index contributed by atoms with van der Waals surface area (Å²) in [4.78, 5) is 25.6. The van der Waals surface area contributed by atoms with E-state index in [2.05, 4.69) is 36.8 Å². The number of amides is 2. The summed E-state index contributed by atoms with van der Waals surface area (Å²) in [5, 5.41) is 8.04. The number of carbonyl (C=O) groups excluding carboxylic acids is 2. The van der Waals surface area contributed by atoms with E-state index in [1.54, 1.807) is 26.4 Å². The first-order chi connectivity index (χ1) is 19.5. The van der Waals surface area contributed by atoms with E-state index in [9.17, 15) is 9.59 Å². The molecule has 9 heteroatoms. The Kier molecular flexibility index (Phi) is 9.12. The van der Waals surface area contributed by atoms with Crippen LogP contribution in [0.5, 0.6) is 11.5 Å². The Bertz CT molecular complexity index is 1410. The highest BCUT2D eigenvalue weighted by molar-refractivity contribution is 6.96. The van der Waals surface area contributed by atoms with Crippen molar-refractivity contribution >= 4 is 50.2 Å². The third-order valence-electron chi connectivity index (χ3n) is 6.85. The first-order valence-corrected chi connectivity index (χ1v) is 19.1. The van der Waals surface area contributed by atoms with E-state index in [0.717, 1.165) is 10.4 Å². The zero-order valence-corrected chi connectivity index (χ0v) is 26.3. The highest BCUT2D eigenvalue weighted by Gasteiger charge is 2.36. The number of benzene rings is 4. The number of hydrogen-bond donors (Lipinski definition) is 2. The van der Waals surface area contributed by atoms with Crippen molar-refractivity contribution < 1.29 is 23.2 Å². The topological polar surface area (TPSA) is 85.9 Å². The fraction of sp³-hybridized carbons (Fsp3) is 0.188. The van der Waals surface area contributed by atoms with Crippen LogP contribution in [-0.4, -0.2) is 42.7 Å². The van der Waals surface area contributed by atoms with Crippen molar-refractivity contribution in [3.8, 4) is 11.5 Å². The van der Waals surface area contributed by atoms with Gasteiger partial charge in [-0.15, -0.1) is 0 Å². The number of hydrogen-bond acceptors (Lipinski definition) is 5. The Balaban J connectivity index is 1.41. The lowest BCUT2D eigenvalue weighted by atomic mass is 10.2. The SMILES string of the molecule is COc1cccc(NC(=O)c2ccc([Si](C)(C)O[Si](C)(C)c3ccc(C(=O)Nc4cccc(OC)c4)cc3)cc2)c1. The minimum atomic E-state index is -2.31. The highest BCUT2D eigenvalue weighted by Crippen LogP contribution is 2.20. The fourth-order valence-corrected chi connectivity index (χ4v) is 12.6. The molecule has 41 heavy (non-hydrogen) atoms. The van der Waals surface area contributed by atoms with Gasteiger partial charge < -0.3 is 24.2 Å². The van der Waals surface area contributed by atoms with E-state index in [1.807, 2.05) is 84.9 Å². The van der Waals surface area contributed by atoms with Gasteiger partial charge in [0.25, 0.3) is 11.8 Å². The summed E-state index contributed by atoms with van der Waals surface area (Å²) >= 11 is 0. The van der Waals surface area contributed by atoms with Crippen LogP contribution in [0.4, 0.5) is 11.4 Å². The van der Waals surface area contributed by atoms with Gasteiger partial charge in [-0.05, 0) is 85.1 Å². The number of ether oxygens (including phenoxy) is 2. The van der Waals surface area contributed by atoms with Gasteiger partial charge in [0.15, 0.2) is 0 Å². The van der Waals surface area contributed by atoms with Gasteiger partial charge >= 0.3 is 0 Å². The summed E-state index contributed by atoms with van der Waals surface area (Å²) in [6.07, 6.45) is 0. The molecule has 0 aliphatic heterocycles. The summed E-state index contributed by atoms with van der Waals surface area (Å²) in [5.74, 6) is 0.993. The van der Waals surface area contributed by atoms with Crippen molar-refractivity contribution in [2.45, 2.75) is 26.2 Å². The summed E-state index contributed by atoms with van der Waals surface area (Å²) < 4.78 is 17.4. The standard InChI is InChI=1S/C32H36N2O5Si2/c1-37-27-11-7-9-25(21-27)33-31(35)23-13-17-29(18-14-23)40(3,4)39-41(5,6)30-19-15-24(16-20-30)32(36)34-26-10-8-12-28(22-26)38-2/h7-22H,1-6H3,(H,33,35)(H,34,36). The maximum atomic E-state index is 12.8. The molecule has 0 unspecified atom stereocenters. The molecule has 0 heterocycles. The summed E-state index contributed by atoms with van der Waals surface area (Å²) in [6, 6.07) is 29.9. The largest absolute Gasteiger partial charge is 0.497 e. The average Bonchev–Trinajstić information content (AvgIpc) is 2.97. The number of carbonyl (C=O) groups is 2. The van der Waals surface area contributed by atoms with E-state index in [-0.39, 0.29) is 11.8 Å².